The van der Waals surface area contributed by atoms with Gasteiger partial charge in [0, 0.05) is 13.1 Å². The quantitative estimate of drug-likeness (QED) is 0.646. The molecule has 1 atom stereocenters. The van der Waals surface area contributed by atoms with Crippen LogP contribution in [0.25, 0.3) is 0 Å². The summed E-state index contributed by atoms with van der Waals surface area (Å²) in [7, 11) is 0. The molecule has 5 rings (SSSR count). The molecule has 2 aromatic carbocycles. The van der Waals surface area contributed by atoms with Crippen LogP contribution < -0.4 is 15.5 Å². The van der Waals surface area contributed by atoms with Gasteiger partial charge in [-0.3, -0.25) is 14.5 Å². The van der Waals surface area contributed by atoms with Crippen LogP contribution >= 0.6 is 0 Å². The average molecular weight is 488 g/mol. The number of ether oxygens (including phenoxy) is 1. The lowest BCUT2D eigenvalue weighted by Gasteiger charge is -2.31. The van der Waals surface area contributed by atoms with Gasteiger partial charge in [0.15, 0.2) is 0 Å². The molecule has 0 bridgehead atoms. The van der Waals surface area contributed by atoms with Crippen LogP contribution in [0.3, 0.4) is 0 Å². The van der Waals surface area contributed by atoms with Crippen LogP contribution in [-0.4, -0.2) is 55.6 Å². The molecule has 0 unspecified atom stereocenters. The Morgan fingerprint density at radius 1 is 1.11 bits per heavy atom. The molecular weight excluding hydrogens is 465 g/mol. The number of nitrogens with one attached hydrogen (secondary N) is 2. The summed E-state index contributed by atoms with van der Waals surface area (Å²) in [4.78, 5) is 41.5. The molecule has 2 N–H and O–H groups in total. The summed E-state index contributed by atoms with van der Waals surface area (Å²) in [5.41, 5.74) is -0.113. The Morgan fingerprint density at radius 2 is 1.86 bits per heavy atom. The van der Waals surface area contributed by atoms with E-state index in [4.69, 9.17) is 4.74 Å². The van der Waals surface area contributed by atoms with Crippen molar-refractivity contribution < 1.29 is 32.3 Å². The standard InChI is InChI=1S/C24H23F3N4O4/c25-24(26,27)16-5-6-19(30-9-11-35-12-10-30)18(13-16)28-20(32)14-31-21(33)23(29-22(31)34)8-7-15-3-1-2-4-17(15)23/h1-6,13H,7-12,14H2,(H,28,32)(H,29,34)/t23-/m1/s1. The minimum absolute atomic E-state index is 0.0419. The number of carbonyl (C=O) groups excluding carboxylic acids is 3. The summed E-state index contributed by atoms with van der Waals surface area (Å²) >= 11 is 0. The zero-order valence-corrected chi connectivity index (χ0v) is 18.7. The number of nitrogens with zero attached hydrogens (tertiary/aromatic N) is 2. The Kier molecular flexibility index (Phi) is 5.66. The fourth-order valence-electron chi connectivity index (χ4n) is 4.96. The van der Waals surface area contributed by atoms with Crippen molar-refractivity contribution in [1.29, 1.82) is 0 Å². The number of rotatable bonds is 4. The highest BCUT2D eigenvalue weighted by Gasteiger charge is 2.55. The van der Waals surface area contributed by atoms with Crippen molar-refractivity contribution in [2.24, 2.45) is 0 Å². The Hall–Kier alpha value is -3.60. The SMILES string of the molecule is O=C(CN1C(=O)N[C@@]2(CCc3ccccc32)C1=O)Nc1cc(C(F)(F)F)ccc1N1CCOCC1. The van der Waals surface area contributed by atoms with E-state index in [1.54, 1.807) is 12.1 Å². The van der Waals surface area contributed by atoms with Crippen molar-refractivity contribution in [1.82, 2.24) is 10.2 Å². The fraction of sp³-hybridized carbons (Fsp3) is 0.375. The molecule has 2 aromatic rings. The van der Waals surface area contributed by atoms with E-state index in [-0.39, 0.29) is 5.69 Å². The normalized spacial score (nSPS) is 21.9. The number of urea groups is 1. The predicted molar refractivity (Wildman–Crippen MR) is 120 cm³/mol. The Morgan fingerprint density at radius 3 is 2.60 bits per heavy atom. The van der Waals surface area contributed by atoms with Crippen molar-refractivity contribution in [3.63, 3.8) is 0 Å². The van der Waals surface area contributed by atoms with Crippen molar-refractivity contribution in [2.45, 2.75) is 24.6 Å². The zero-order chi connectivity index (χ0) is 24.8. The fourth-order valence-corrected chi connectivity index (χ4v) is 4.96. The monoisotopic (exact) mass is 488 g/mol. The van der Waals surface area contributed by atoms with Gasteiger partial charge in [-0.15, -0.1) is 0 Å². The Bertz CT molecular complexity index is 1200. The largest absolute Gasteiger partial charge is 0.416 e. The first-order valence-corrected chi connectivity index (χ1v) is 11.3. The maximum absolute atomic E-state index is 13.3. The van der Waals surface area contributed by atoms with E-state index in [0.29, 0.717) is 50.4 Å². The highest BCUT2D eigenvalue weighted by Crippen LogP contribution is 2.41. The van der Waals surface area contributed by atoms with E-state index < -0.39 is 41.7 Å². The van der Waals surface area contributed by atoms with E-state index in [2.05, 4.69) is 10.6 Å². The molecule has 2 saturated heterocycles. The van der Waals surface area contributed by atoms with Crippen molar-refractivity contribution in [3.05, 3.63) is 59.2 Å². The number of benzene rings is 2. The number of morpholine rings is 1. The van der Waals surface area contributed by atoms with Gasteiger partial charge in [-0.05, 0) is 42.2 Å². The number of carbonyl (C=O) groups is 3. The molecule has 4 amide bonds. The highest BCUT2D eigenvalue weighted by atomic mass is 19.4. The lowest BCUT2D eigenvalue weighted by atomic mass is 9.92. The highest BCUT2D eigenvalue weighted by molar-refractivity contribution is 6.11. The van der Waals surface area contributed by atoms with Crippen LogP contribution in [0.2, 0.25) is 0 Å². The molecule has 3 aliphatic rings. The minimum Gasteiger partial charge on any atom is -0.378 e. The van der Waals surface area contributed by atoms with Gasteiger partial charge in [0.05, 0.1) is 30.2 Å². The second kappa shape index (κ2) is 8.56. The summed E-state index contributed by atoms with van der Waals surface area (Å²) in [6.45, 7) is 1.08. The van der Waals surface area contributed by atoms with Crippen LogP contribution in [-0.2, 0) is 32.5 Å². The lowest BCUT2D eigenvalue weighted by Crippen LogP contribution is -2.43. The molecule has 2 aliphatic heterocycles. The van der Waals surface area contributed by atoms with Crippen LogP contribution in [0.15, 0.2) is 42.5 Å². The number of aryl methyl sites for hydroxylation is 1. The van der Waals surface area contributed by atoms with Gasteiger partial charge in [-0.1, -0.05) is 24.3 Å². The maximum Gasteiger partial charge on any atom is 0.416 e. The number of imide groups is 1. The van der Waals surface area contributed by atoms with Crippen LogP contribution in [0.5, 0.6) is 0 Å². The van der Waals surface area contributed by atoms with E-state index in [1.807, 2.05) is 17.0 Å². The smallest absolute Gasteiger partial charge is 0.378 e. The van der Waals surface area contributed by atoms with E-state index >= 15 is 0 Å². The molecule has 2 fully saturated rings. The molecule has 1 spiro atoms. The number of anilines is 2. The van der Waals surface area contributed by atoms with Gasteiger partial charge in [-0.2, -0.15) is 13.2 Å². The number of hydrogen-bond acceptors (Lipinski definition) is 5. The minimum atomic E-state index is -4.60. The summed E-state index contributed by atoms with van der Waals surface area (Å²) in [6.07, 6.45) is -3.62. The number of fused-ring (bicyclic) bond motifs is 2. The molecule has 0 radical (unpaired) electrons. The van der Waals surface area contributed by atoms with Crippen molar-refractivity contribution in [2.75, 3.05) is 43.1 Å². The van der Waals surface area contributed by atoms with E-state index in [9.17, 15) is 27.6 Å². The van der Waals surface area contributed by atoms with Gasteiger partial charge in [-0.25, -0.2) is 4.79 Å². The molecule has 35 heavy (non-hydrogen) atoms. The van der Waals surface area contributed by atoms with Gasteiger partial charge < -0.3 is 20.3 Å². The van der Waals surface area contributed by atoms with E-state index in [0.717, 1.165) is 22.6 Å². The summed E-state index contributed by atoms with van der Waals surface area (Å²) in [5, 5.41) is 5.22. The summed E-state index contributed by atoms with van der Waals surface area (Å²) < 4.78 is 45.3. The third-order valence-electron chi connectivity index (χ3n) is 6.67. The van der Waals surface area contributed by atoms with E-state index in [1.165, 1.54) is 6.07 Å². The lowest BCUT2D eigenvalue weighted by molar-refractivity contribution is -0.137. The molecule has 1 aliphatic carbocycles. The second-order valence-electron chi connectivity index (χ2n) is 8.76. The maximum atomic E-state index is 13.3. The zero-order valence-electron chi connectivity index (χ0n) is 18.7. The van der Waals surface area contributed by atoms with Gasteiger partial charge in [0.2, 0.25) is 5.91 Å². The van der Waals surface area contributed by atoms with Crippen LogP contribution in [0.4, 0.5) is 29.3 Å². The third-order valence-corrected chi connectivity index (χ3v) is 6.67. The molecule has 8 nitrogen and oxygen atoms in total. The van der Waals surface area contributed by atoms with Gasteiger partial charge >= 0.3 is 12.2 Å². The number of halogens is 3. The second-order valence-corrected chi connectivity index (χ2v) is 8.76. The Labute approximate surface area is 199 Å². The van der Waals surface area contributed by atoms with Crippen molar-refractivity contribution in [3.8, 4) is 0 Å². The van der Waals surface area contributed by atoms with Crippen LogP contribution in [0.1, 0.15) is 23.1 Å². The van der Waals surface area contributed by atoms with Gasteiger partial charge in [0.1, 0.15) is 12.1 Å². The van der Waals surface area contributed by atoms with Crippen LogP contribution in [0, 0.1) is 0 Å². The average Bonchev–Trinajstić information content (AvgIpc) is 3.32. The predicted octanol–water partition coefficient (Wildman–Crippen LogP) is 2.87. The first kappa shape index (κ1) is 23.2. The molecular formula is C24H23F3N4O4. The molecule has 11 heteroatoms. The number of hydrogen-bond donors (Lipinski definition) is 2. The first-order valence-electron chi connectivity index (χ1n) is 11.3. The molecule has 0 aromatic heterocycles. The summed E-state index contributed by atoms with van der Waals surface area (Å²) in [6, 6.07) is 9.72. The number of amides is 4. The van der Waals surface area contributed by atoms with Crippen molar-refractivity contribution >= 4 is 29.2 Å². The van der Waals surface area contributed by atoms with Gasteiger partial charge in [0.25, 0.3) is 5.91 Å². The Balaban J connectivity index is 1.37. The summed E-state index contributed by atoms with van der Waals surface area (Å²) in [5.74, 6) is -1.31. The first-order chi connectivity index (χ1) is 16.7. The molecule has 2 heterocycles. The third kappa shape index (κ3) is 4.09. The number of alkyl halides is 3. The molecule has 184 valence electrons. The molecule has 0 saturated carbocycles. The topological polar surface area (TPSA) is 91.0 Å².